The van der Waals surface area contributed by atoms with Gasteiger partial charge in [-0.25, -0.2) is 13.2 Å². The van der Waals surface area contributed by atoms with E-state index in [0.29, 0.717) is 19.6 Å². The second-order valence-electron chi connectivity index (χ2n) is 7.11. The lowest BCUT2D eigenvalue weighted by Crippen LogP contribution is -2.36. The summed E-state index contributed by atoms with van der Waals surface area (Å²) in [6.07, 6.45) is 1.68. The van der Waals surface area contributed by atoms with Crippen molar-refractivity contribution in [1.29, 1.82) is 0 Å². The molecule has 2 rings (SSSR count). The van der Waals surface area contributed by atoms with E-state index < -0.39 is 15.4 Å². The van der Waals surface area contributed by atoms with Crippen LogP contribution in [0.15, 0.2) is 18.2 Å². The smallest absolute Gasteiger partial charge is 0.414 e. The maximum atomic E-state index is 12.4. The molecular weight excluding hydrogens is 328 g/mol. The predicted octanol–water partition coefficient (Wildman–Crippen LogP) is 2.12. The zero-order chi connectivity index (χ0) is 18.0. The molecule has 1 N–H and O–H groups in total. The van der Waals surface area contributed by atoms with Crippen molar-refractivity contribution in [3.63, 3.8) is 0 Å². The third kappa shape index (κ3) is 5.21. The first-order valence-electron chi connectivity index (χ1n) is 8.06. The van der Waals surface area contributed by atoms with Gasteiger partial charge in [0, 0.05) is 25.9 Å². The second-order valence-corrected chi connectivity index (χ2v) is 9.37. The molecule has 0 spiro atoms. The largest absolute Gasteiger partial charge is 0.443 e. The van der Waals surface area contributed by atoms with E-state index in [9.17, 15) is 13.2 Å². The lowest BCUT2D eigenvalue weighted by atomic mass is 10.1. The number of hydrogen-bond donors (Lipinski definition) is 1. The molecule has 24 heavy (non-hydrogen) atoms. The molecule has 6 nitrogen and oxygen atoms in total. The predicted molar refractivity (Wildman–Crippen MR) is 95.1 cm³/mol. The number of fused-ring (bicyclic) bond motifs is 1. The highest BCUT2D eigenvalue weighted by Gasteiger charge is 2.30. The van der Waals surface area contributed by atoms with Crippen molar-refractivity contribution in [3.8, 4) is 0 Å². The van der Waals surface area contributed by atoms with Crippen LogP contribution < -0.4 is 10.2 Å². The van der Waals surface area contributed by atoms with Gasteiger partial charge in [-0.3, -0.25) is 4.90 Å². The van der Waals surface area contributed by atoms with Gasteiger partial charge in [-0.1, -0.05) is 18.2 Å². The van der Waals surface area contributed by atoms with E-state index in [1.54, 1.807) is 4.90 Å². The Morgan fingerprint density at radius 3 is 2.67 bits per heavy atom. The first-order valence-corrected chi connectivity index (χ1v) is 10.1. The SMILES string of the molecule is CC(C)(C)OC(=O)N1CCc2cccc(CNCCS(C)(=O)=O)c21. The number of ether oxygens (including phenoxy) is 1. The van der Waals surface area contributed by atoms with Gasteiger partial charge < -0.3 is 10.1 Å². The number of rotatable bonds is 5. The average molecular weight is 354 g/mol. The minimum atomic E-state index is -2.98. The minimum Gasteiger partial charge on any atom is -0.443 e. The number of carbonyl (C=O) groups excluding carboxylic acids is 1. The van der Waals surface area contributed by atoms with Gasteiger partial charge in [0.25, 0.3) is 0 Å². The van der Waals surface area contributed by atoms with Crippen LogP contribution in [-0.4, -0.2) is 45.2 Å². The van der Waals surface area contributed by atoms with Gasteiger partial charge >= 0.3 is 6.09 Å². The lowest BCUT2D eigenvalue weighted by Gasteiger charge is -2.26. The summed E-state index contributed by atoms with van der Waals surface area (Å²) in [6.45, 7) is 7.04. The maximum absolute atomic E-state index is 12.4. The molecule has 0 saturated carbocycles. The van der Waals surface area contributed by atoms with Crippen LogP contribution in [-0.2, 0) is 27.5 Å². The number of amides is 1. The van der Waals surface area contributed by atoms with Crippen molar-refractivity contribution in [2.45, 2.75) is 39.3 Å². The molecule has 1 heterocycles. The summed E-state index contributed by atoms with van der Waals surface area (Å²) in [5, 5.41) is 3.14. The van der Waals surface area contributed by atoms with E-state index in [0.717, 1.165) is 23.2 Å². The third-order valence-corrected chi connectivity index (χ3v) is 4.60. The van der Waals surface area contributed by atoms with Crippen molar-refractivity contribution in [2.24, 2.45) is 0 Å². The van der Waals surface area contributed by atoms with Gasteiger partial charge in [0.2, 0.25) is 0 Å². The standard InChI is InChI=1S/C17H26N2O4S/c1-17(2,3)23-16(20)19-10-8-13-6-5-7-14(15(13)19)12-18-9-11-24(4,21)22/h5-7,18H,8-12H2,1-4H3. The van der Waals surface area contributed by atoms with E-state index in [4.69, 9.17) is 4.74 Å². The maximum Gasteiger partial charge on any atom is 0.414 e. The van der Waals surface area contributed by atoms with Crippen LogP contribution in [0.1, 0.15) is 31.9 Å². The molecular formula is C17H26N2O4S. The van der Waals surface area contributed by atoms with Crippen molar-refractivity contribution in [3.05, 3.63) is 29.3 Å². The van der Waals surface area contributed by atoms with Crippen LogP contribution in [0.3, 0.4) is 0 Å². The first kappa shape index (κ1) is 18.7. The molecule has 1 amide bonds. The quantitative estimate of drug-likeness (QED) is 0.820. The van der Waals surface area contributed by atoms with Crippen molar-refractivity contribution in [2.75, 3.05) is 30.0 Å². The average Bonchev–Trinajstić information content (AvgIpc) is 2.85. The van der Waals surface area contributed by atoms with Gasteiger partial charge in [-0.05, 0) is 38.3 Å². The van der Waals surface area contributed by atoms with Crippen LogP contribution in [0.5, 0.6) is 0 Å². The molecule has 0 fully saturated rings. The third-order valence-electron chi connectivity index (χ3n) is 3.66. The Balaban J connectivity index is 2.10. The molecule has 1 aromatic rings. The Morgan fingerprint density at radius 1 is 1.33 bits per heavy atom. The summed E-state index contributed by atoms with van der Waals surface area (Å²) in [6, 6.07) is 5.93. The summed E-state index contributed by atoms with van der Waals surface area (Å²) >= 11 is 0. The van der Waals surface area contributed by atoms with Crippen LogP contribution in [0, 0.1) is 0 Å². The molecule has 0 unspecified atom stereocenters. The Hall–Kier alpha value is -1.60. The van der Waals surface area contributed by atoms with Gasteiger partial charge in [0.15, 0.2) is 0 Å². The van der Waals surface area contributed by atoms with Crippen molar-refractivity contribution < 1.29 is 17.9 Å². The molecule has 1 aromatic carbocycles. The fourth-order valence-corrected chi connectivity index (χ4v) is 3.18. The van der Waals surface area contributed by atoms with E-state index in [2.05, 4.69) is 5.32 Å². The summed E-state index contributed by atoms with van der Waals surface area (Å²) in [5.41, 5.74) is 2.44. The normalized spacial score (nSPS) is 14.6. The number of anilines is 1. The van der Waals surface area contributed by atoms with Crippen LogP contribution >= 0.6 is 0 Å². The fourth-order valence-electron chi connectivity index (χ4n) is 2.66. The molecule has 0 aliphatic carbocycles. The lowest BCUT2D eigenvalue weighted by molar-refractivity contribution is 0.0583. The molecule has 0 atom stereocenters. The van der Waals surface area contributed by atoms with Crippen LogP contribution in [0.25, 0.3) is 0 Å². The highest BCUT2D eigenvalue weighted by atomic mass is 32.2. The topological polar surface area (TPSA) is 75.7 Å². The van der Waals surface area contributed by atoms with E-state index >= 15 is 0 Å². The molecule has 134 valence electrons. The Kier molecular flexibility index (Phi) is 5.55. The Bertz CT molecular complexity index is 708. The van der Waals surface area contributed by atoms with Crippen LogP contribution in [0.4, 0.5) is 10.5 Å². The summed E-state index contributed by atoms with van der Waals surface area (Å²) < 4.78 is 27.9. The molecule has 7 heteroatoms. The van der Waals surface area contributed by atoms with E-state index in [1.807, 2.05) is 39.0 Å². The minimum absolute atomic E-state index is 0.0950. The number of hydrogen-bond acceptors (Lipinski definition) is 5. The number of nitrogens with zero attached hydrogens (tertiary/aromatic N) is 1. The zero-order valence-electron chi connectivity index (χ0n) is 14.8. The first-order chi connectivity index (χ1) is 11.1. The summed E-state index contributed by atoms with van der Waals surface area (Å²) in [4.78, 5) is 14.1. The monoisotopic (exact) mass is 354 g/mol. The summed E-state index contributed by atoms with van der Waals surface area (Å²) in [5.74, 6) is 0.0950. The van der Waals surface area contributed by atoms with Gasteiger partial charge in [-0.15, -0.1) is 0 Å². The van der Waals surface area contributed by atoms with E-state index in [1.165, 1.54) is 6.26 Å². The molecule has 0 bridgehead atoms. The van der Waals surface area contributed by atoms with Crippen molar-refractivity contribution >= 4 is 21.6 Å². The van der Waals surface area contributed by atoms with Gasteiger partial charge in [-0.2, -0.15) is 0 Å². The highest BCUT2D eigenvalue weighted by Crippen LogP contribution is 2.33. The number of para-hydroxylation sites is 1. The molecule has 1 aliphatic heterocycles. The van der Waals surface area contributed by atoms with Gasteiger partial charge in [0.05, 0.1) is 11.4 Å². The van der Waals surface area contributed by atoms with Crippen molar-refractivity contribution in [1.82, 2.24) is 5.32 Å². The van der Waals surface area contributed by atoms with Crippen LogP contribution in [0.2, 0.25) is 0 Å². The Morgan fingerprint density at radius 2 is 2.04 bits per heavy atom. The fraction of sp³-hybridized carbons (Fsp3) is 0.588. The number of nitrogens with one attached hydrogen (secondary N) is 1. The molecule has 1 aliphatic rings. The number of benzene rings is 1. The second kappa shape index (κ2) is 7.11. The highest BCUT2D eigenvalue weighted by molar-refractivity contribution is 7.90. The summed E-state index contributed by atoms with van der Waals surface area (Å²) in [7, 11) is -2.98. The number of sulfone groups is 1. The molecule has 0 saturated heterocycles. The molecule has 0 aromatic heterocycles. The van der Waals surface area contributed by atoms with E-state index in [-0.39, 0.29) is 11.8 Å². The molecule has 0 radical (unpaired) electrons. The Labute approximate surface area is 144 Å². The number of carbonyl (C=O) groups is 1. The van der Waals surface area contributed by atoms with Gasteiger partial charge in [0.1, 0.15) is 15.4 Å². The zero-order valence-corrected chi connectivity index (χ0v) is 15.6.